The minimum absolute atomic E-state index is 0.239. The second kappa shape index (κ2) is 19.1. The van der Waals surface area contributed by atoms with Crippen molar-refractivity contribution in [1.29, 1.82) is 0 Å². The van der Waals surface area contributed by atoms with Gasteiger partial charge in [0.1, 0.15) is 48.6 Å². The monoisotopic (exact) mass is 770 g/mol. The molecule has 0 aromatic heterocycles. The van der Waals surface area contributed by atoms with Crippen LogP contribution >= 0.6 is 0 Å². The van der Waals surface area contributed by atoms with Crippen LogP contribution in [-0.4, -0.2) is 127 Å². The molecule has 0 spiro atoms. The van der Waals surface area contributed by atoms with Crippen molar-refractivity contribution in [3.8, 4) is 11.5 Å². The van der Waals surface area contributed by atoms with Crippen LogP contribution in [0.1, 0.15) is 65.7 Å². The average molecular weight is 771 g/mol. The summed E-state index contributed by atoms with van der Waals surface area (Å²) in [5, 5.41) is 10.4. The molecule has 0 amide bonds. The predicted octanol–water partition coefficient (Wildman–Crippen LogP) is 0.593. The highest BCUT2D eigenvalue weighted by atomic mass is 16.8. The first-order chi connectivity index (χ1) is 25.3. The molecule has 298 valence electrons. The summed E-state index contributed by atoms with van der Waals surface area (Å²) < 4.78 is 62.1. The molecule has 2 aliphatic rings. The van der Waals surface area contributed by atoms with E-state index in [1.165, 1.54) is 18.2 Å². The highest BCUT2D eigenvalue weighted by Gasteiger charge is 2.58. The first-order valence-corrected chi connectivity index (χ1v) is 16.4. The van der Waals surface area contributed by atoms with Gasteiger partial charge < -0.3 is 57.2 Å². The molecule has 0 radical (unpaired) electrons. The molecule has 20 nitrogen and oxygen atoms in total. The minimum atomic E-state index is -1.87. The van der Waals surface area contributed by atoms with Crippen molar-refractivity contribution in [3.63, 3.8) is 0 Å². The molecule has 0 bridgehead atoms. The highest BCUT2D eigenvalue weighted by Crippen LogP contribution is 2.37. The number of ether oxygens (including phenoxy) is 11. The molecule has 1 aromatic carbocycles. The Morgan fingerprint density at radius 1 is 0.537 bits per heavy atom. The third-order valence-corrected chi connectivity index (χ3v) is 7.49. The molecule has 1 N–H and O–H groups in total. The van der Waals surface area contributed by atoms with Gasteiger partial charge in [0.15, 0.2) is 36.5 Å². The molecule has 2 saturated heterocycles. The van der Waals surface area contributed by atoms with E-state index in [1.54, 1.807) is 0 Å². The second-order valence-electron chi connectivity index (χ2n) is 12.0. The molecule has 2 heterocycles. The molecular formula is C34H42O20. The van der Waals surface area contributed by atoms with E-state index in [1.807, 2.05) is 0 Å². The molecule has 2 aliphatic heterocycles. The van der Waals surface area contributed by atoms with Crippen molar-refractivity contribution >= 4 is 47.6 Å². The van der Waals surface area contributed by atoms with Gasteiger partial charge in [-0.25, -0.2) is 0 Å². The molecule has 0 unspecified atom stereocenters. The number of rotatable bonds is 14. The van der Waals surface area contributed by atoms with Crippen LogP contribution in [0.4, 0.5) is 0 Å². The number of esters is 7. The Morgan fingerprint density at radius 2 is 0.944 bits per heavy atom. The Hall–Kier alpha value is -5.34. The first kappa shape index (κ1) is 43.1. The molecule has 10 atom stereocenters. The summed E-state index contributed by atoms with van der Waals surface area (Å²) in [6, 6.07) is 3.86. The van der Waals surface area contributed by atoms with Crippen molar-refractivity contribution in [2.45, 2.75) is 117 Å². The summed E-state index contributed by atoms with van der Waals surface area (Å²) in [5.41, 5.74) is -0.279. The Bertz CT molecular complexity index is 1590. The summed E-state index contributed by atoms with van der Waals surface area (Å²) >= 11 is 0. The summed E-state index contributed by atoms with van der Waals surface area (Å²) in [7, 11) is 0. The zero-order chi connectivity index (χ0) is 40.4. The number of phenols is 1. The van der Waals surface area contributed by atoms with Crippen molar-refractivity contribution in [3.05, 3.63) is 23.8 Å². The Balaban J connectivity index is 2.22. The topological polar surface area (TPSA) is 258 Å². The SMILES string of the molecule is CC(=O)OC[C@H]1O[C@@H](O[C@H]2[C@H](OC(C)=O)[C@@H](OC(C)=O)[C@H](Oc3cccc(O)c3C(C)=O)O[C@@H]2COC(C)=O)[C@H](OC(C)=O)[C@@H](OC(C)=O)[C@H]1OC(C)=O. The summed E-state index contributed by atoms with van der Waals surface area (Å²) in [4.78, 5) is 98.3. The Labute approximate surface area is 308 Å². The van der Waals surface area contributed by atoms with E-state index in [0.717, 1.165) is 55.4 Å². The number of benzene rings is 1. The molecule has 54 heavy (non-hydrogen) atoms. The molecular weight excluding hydrogens is 728 g/mol. The normalized spacial score (nSPS) is 27.6. The summed E-state index contributed by atoms with van der Waals surface area (Å²) in [6.45, 7) is 7.09. The van der Waals surface area contributed by atoms with Gasteiger partial charge in [0.25, 0.3) is 0 Å². The van der Waals surface area contributed by atoms with Crippen LogP contribution in [0.5, 0.6) is 11.5 Å². The molecule has 0 saturated carbocycles. The van der Waals surface area contributed by atoms with Gasteiger partial charge in [0.2, 0.25) is 12.4 Å². The van der Waals surface area contributed by atoms with E-state index < -0.39 is 128 Å². The maximum absolute atomic E-state index is 12.6. The summed E-state index contributed by atoms with van der Waals surface area (Å²) in [5.74, 6) is -7.59. The molecule has 0 aliphatic carbocycles. The van der Waals surface area contributed by atoms with Gasteiger partial charge in [-0.05, 0) is 19.1 Å². The lowest BCUT2D eigenvalue weighted by atomic mass is 9.96. The Morgan fingerprint density at radius 3 is 1.41 bits per heavy atom. The van der Waals surface area contributed by atoms with Crippen LogP contribution in [-0.2, 0) is 80.9 Å². The van der Waals surface area contributed by atoms with Gasteiger partial charge >= 0.3 is 41.8 Å². The van der Waals surface area contributed by atoms with E-state index >= 15 is 0 Å². The van der Waals surface area contributed by atoms with Gasteiger partial charge in [0.05, 0.1) is 0 Å². The number of Topliss-reactive ketones (excluding diaryl/α,β-unsaturated/α-hetero) is 1. The van der Waals surface area contributed by atoms with Gasteiger partial charge in [-0.2, -0.15) is 0 Å². The number of carbonyl (C=O) groups is 8. The number of carbonyl (C=O) groups excluding carboxylic acids is 8. The quantitative estimate of drug-likeness (QED) is 0.154. The first-order valence-electron chi connectivity index (χ1n) is 16.4. The minimum Gasteiger partial charge on any atom is -0.507 e. The van der Waals surface area contributed by atoms with Crippen molar-refractivity contribution in [1.82, 2.24) is 0 Å². The van der Waals surface area contributed by atoms with Gasteiger partial charge in [-0.15, -0.1) is 0 Å². The van der Waals surface area contributed by atoms with Gasteiger partial charge in [0, 0.05) is 48.5 Å². The fourth-order valence-corrected chi connectivity index (χ4v) is 5.66. The smallest absolute Gasteiger partial charge is 0.303 e. The van der Waals surface area contributed by atoms with Gasteiger partial charge in [-0.3, -0.25) is 38.4 Å². The second-order valence-corrected chi connectivity index (χ2v) is 12.0. The average Bonchev–Trinajstić information content (AvgIpc) is 3.03. The van der Waals surface area contributed by atoms with Crippen LogP contribution < -0.4 is 4.74 Å². The predicted molar refractivity (Wildman–Crippen MR) is 172 cm³/mol. The van der Waals surface area contributed by atoms with Crippen molar-refractivity contribution in [2.24, 2.45) is 0 Å². The standard InChI is InChI=1S/C34H42O20/c1-14(35)26-22(43)10-9-11-23(26)51-33-31(49-20(7)41)30(48-19(6)40)28(25(52-33)13-45-16(3)37)54-34-32(50-21(8)42)29(47-18(5)39)27(46-17(4)38)24(53-34)12-44-15(2)36/h9-11,24-25,27-34,43H,12-13H2,1-8H3/t24-,25-,27+,28-,29+,30+,31-,32-,33-,34+/m1/s1. The number of phenolic OH excluding ortho intramolecular Hbond substituents is 1. The number of hydrogen-bond acceptors (Lipinski definition) is 20. The van der Waals surface area contributed by atoms with E-state index in [4.69, 9.17) is 52.1 Å². The lowest BCUT2D eigenvalue weighted by Gasteiger charge is -2.48. The highest BCUT2D eigenvalue weighted by molar-refractivity contribution is 5.99. The lowest BCUT2D eigenvalue weighted by Crippen LogP contribution is -2.67. The van der Waals surface area contributed by atoms with Crippen LogP contribution in [0.15, 0.2) is 18.2 Å². The van der Waals surface area contributed by atoms with E-state index in [9.17, 15) is 43.5 Å². The number of aromatic hydroxyl groups is 1. The number of hydrogen-bond donors (Lipinski definition) is 1. The van der Waals surface area contributed by atoms with E-state index in [0.29, 0.717) is 0 Å². The summed E-state index contributed by atoms with van der Waals surface area (Å²) in [6.07, 6.45) is -16.8. The molecule has 3 rings (SSSR count). The zero-order valence-corrected chi connectivity index (χ0v) is 30.6. The lowest BCUT2D eigenvalue weighted by molar-refractivity contribution is -0.354. The van der Waals surface area contributed by atoms with Crippen LogP contribution in [0.25, 0.3) is 0 Å². The van der Waals surface area contributed by atoms with Crippen molar-refractivity contribution < 1.29 is 95.6 Å². The molecule has 1 aromatic rings. The largest absolute Gasteiger partial charge is 0.507 e. The fraction of sp³-hybridized carbons (Fsp3) is 0.588. The van der Waals surface area contributed by atoms with Crippen LogP contribution in [0, 0.1) is 0 Å². The maximum atomic E-state index is 12.6. The Kier molecular flexibility index (Phi) is 15.3. The number of ketones is 1. The van der Waals surface area contributed by atoms with Gasteiger partial charge in [-0.1, -0.05) is 6.07 Å². The zero-order valence-electron chi connectivity index (χ0n) is 30.6. The third kappa shape index (κ3) is 11.8. The van der Waals surface area contributed by atoms with Crippen molar-refractivity contribution in [2.75, 3.05) is 13.2 Å². The molecule has 2 fully saturated rings. The van der Waals surface area contributed by atoms with E-state index in [2.05, 4.69) is 0 Å². The fourth-order valence-electron chi connectivity index (χ4n) is 5.66. The van der Waals surface area contributed by atoms with Crippen LogP contribution in [0.3, 0.4) is 0 Å². The molecule has 20 heteroatoms. The third-order valence-electron chi connectivity index (χ3n) is 7.49. The van der Waals surface area contributed by atoms with Crippen LogP contribution in [0.2, 0.25) is 0 Å². The van der Waals surface area contributed by atoms with E-state index in [-0.39, 0.29) is 11.3 Å². The maximum Gasteiger partial charge on any atom is 0.303 e.